The highest BCUT2D eigenvalue weighted by atomic mass is 32.1. The molecule has 1 aromatic heterocycles. The van der Waals surface area contributed by atoms with Gasteiger partial charge in [-0.3, -0.25) is 0 Å². The van der Waals surface area contributed by atoms with Crippen molar-refractivity contribution >= 4 is 22.4 Å². The van der Waals surface area contributed by atoms with Gasteiger partial charge in [0, 0.05) is 19.1 Å². The van der Waals surface area contributed by atoms with Gasteiger partial charge in [-0.2, -0.15) is 4.37 Å². The molecular formula is C11H20N4OS. The van der Waals surface area contributed by atoms with Gasteiger partial charge in [-0.05, 0) is 38.5 Å². The number of nitrogen functional groups attached to an aromatic ring is 1. The predicted molar refractivity (Wildman–Crippen MR) is 72.0 cm³/mol. The van der Waals surface area contributed by atoms with Crippen molar-refractivity contribution in [2.75, 3.05) is 44.9 Å². The molecule has 96 valence electrons. The lowest BCUT2D eigenvalue weighted by atomic mass is 10.2. The fraction of sp³-hybridized carbons (Fsp3) is 0.727. The molecule has 1 saturated heterocycles. The molecule has 1 aromatic rings. The molecular weight excluding hydrogens is 236 g/mol. The standard InChI is InChI=1S/C11H20N4OS/c1-14(2)7-8-5-4-6-15(8)11-9(16-3)10(12)13-17-11/h8H,4-7H2,1-3H3,(H2,12,13). The number of ether oxygens (including phenoxy) is 1. The van der Waals surface area contributed by atoms with Crippen LogP contribution in [0.5, 0.6) is 5.75 Å². The molecule has 1 atom stereocenters. The maximum absolute atomic E-state index is 5.80. The van der Waals surface area contributed by atoms with Crippen LogP contribution in [0.4, 0.5) is 10.8 Å². The summed E-state index contributed by atoms with van der Waals surface area (Å²) >= 11 is 1.44. The van der Waals surface area contributed by atoms with Crippen LogP contribution in [0, 0.1) is 0 Å². The summed E-state index contributed by atoms with van der Waals surface area (Å²) in [7, 11) is 5.87. The van der Waals surface area contributed by atoms with E-state index in [1.54, 1.807) is 7.11 Å². The second-order valence-electron chi connectivity index (χ2n) is 4.66. The maximum atomic E-state index is 5.80. The third-order valence-electron chi connectivity index (χ3n) is 3.08. The molecule has 2 heterocycles. The van der Waals surface area contributed by atoms with Crippen molar-refractivity contribution < 1.29 is 4.74 Å². The highest BCUT2D eigenvalue weighted by Crippen LogP contribution is 2.41. The highest BCUT2D eigenvalue weighted by Gasteiger charge is 2.29. The first-order valence-electron chi connectivity index (χ1n) is 5.84. The van der Waals surface area contributed by atoms with Crippen molar-refractivity contribution in [3.05, 3.63) is 0 Å². The summed E-state index contributed by atoms with van der Waals surface area (Å²) in [6, 6.07) is 0.541. The molecule has 0 spiro atoms. The van der Waals surface area contributed by atoms with Crippen LogP contribution in [0.25, 0.3) is 0 Å². The lowest BCUT2D eigenvalue weighted by molar-refractivity contribution is 0.370. The number of methoxy groups -OCH3 is 1. The van der Waals surface area contributed by atoms with E-state index in [0.29, 0.717) is 11.9 Å². The zero-order chi connectivity index (χ0) is 12.4. The minimum atomic E-state index is 0.503. The third-order valence-corrected chi connectivity index (χ3v) is 3.96. The Bertz CT molecular complexity index is 380. The first-order chi connectivity index (χ1) is 8.13. The van der Waals surface area contributed by atoms with Crippen molar-refractivity contribution in [3.63, 3.8) is 0 Å². The van der Waals surface area contributed by atoms with E-state index in [4.69, 9.17) is 10.5 Å². The third kappa shape index (κ3) is 2.47. The van der Waals surface area contributed by atoms with Crippen molar-refractivity contribution in [1.29, 1.82) is 0 Å². The lowest BCUT2D eigenvalue weighted by Crippen LogP contribution is -2.37. The van der Waals surface area contributed by atoms with Gasteiger partial charge in [-0.1, -0.05) is 0 Å². The second kappa shape index (κ2) is 5.10. The summed E-state index contributed by atoms with van der Waals surface area (Å²) in [5, 5.41) is 1.08. The number of hydrogen-bond acceptors (Lipinski definition) is 6. The Morgan fingerprint density at radius 2 is 2.35 bits per heavy atom. The van der Waals surface area contributed by atoms with Crippen LogP contribution in [-0.2, 0) is 0 Å². The molecule has 2 N–H and O–H groups in total. The van der Waals surface area contributed by atoms with Gasteiger partial charge in [-0.25, -0.2) is 0 Å². The van der Waals surface area contributed by atoms with Crippen LogP contribution in [0.15, 0.2) is 0 Å². The van der Waals surface area contributed by atoms with E-state index in [0.717, 1.165) is 23.8 Å². The molecule has 6 heteroatoms. The van der Waals surface area contributed by atoms with E-state index < -0.39 is 0 Å². The topological polar surface area (TPSA) is 54.6 Å². The van der Waals surface area contributed by atoms with E-state index in [2.05, 4.69) is 28.3 Å². The second-order valence-corrected chi connectivity index (χ2v) is 5.41. The Balaban J connectivity index is 2.20. The predicted octanol–water partition coefficient (Wildman–Crippen LogP) is 1.26. The SMILES string of the molecule is COc1c(N)nsc1N1CCCC1CN(C)C. The average molecular weight is 256 g/mol. The van der Waals surface area contributed by atoms with E-state index >= 15 is 0 Å². The van der Waals surface area contributed by atoms with E-state index in [1.807, 2.05) is 0 Å². The molecule has 0 radical (unpaired) electrons. The summed E-state index contributed by atoms with van der Waals surface area (Å²) in [6.07, 6.45) is 2.44. The summed E-state index contributed by atoms with van der Waals surface area (Å²) in [6.45, 7) is 2.12. The number of likely N-dealkylation sites (N-methyl/N-ethyl adjacent to an activating group) is 1. The molecule has 2 rings (SSSR count). The lowest BCUT2D eigenvalue weighted by Gasteiger charge is -2.27. The first-order valence-corrected chi connectivity index (χ1v) is 6.61. The molecule has 1 aliphatic heterocycles. The fourth-order valence-electron chi connectivity index (χ4n) is 2.37. The number of rotatable bonds is 4. The monoisotopic (exact) mass is 256 g/mol. The number of nitrogens with two attached hydrogens (primary N) is 1. The Kier molecular flexibility index (Phi) is 3.73. The molecule has 0 aliphatic carbocycles. The van der Waals surface area contributed by atoms with Crippen LogP contribution < -0.4 is 15.4 Å². The van der Waals surface area contributed by atoms with Crippen LogP contribution >= 0.6 is 11.5 Å². The van der Waals surface area contributed by atoms with Gasteiger partial charge in [0.2, 0.25) is 0 Å². The van der Waals surface area contributed by atoms with Gasteiger partial charge in [0.25, 0.3) is 0 Å². The Morgan fingerprint density at radius 3 is 3.00 bits per heavy atom. The number of nitrogens with zero attached hydrogens (tertiary/aromatic N) is 3. The zero-order valence-corrected chi connectivity index (χ0v) is 11.5. The number of hydrogen-bond donors (Lipinski definition) is 1. The molecule has 1 unspecified atom stereocenters. The van der Waals surface area contributed by atoms with Crippen LogP contribution in [0.1, 0.15) is 12.8 Å². The minimum absolute atomic E-state index is 0.503. The Labute approximate surface area is 106 Å². The Morgan fingerprint density at radius 1 is 1.59 bits per heavy atom. The molecule has 5 nitrogen and oxygen atoms in total. The van der Waals surface area contributed by atoms with Crippen LogP contribution in [0.3, 0.4) is 0 Å². The van der Waals surface area contributed by atoms with Crippen LogP contribution in [-0.4, -0.2) is 49.6 Å². The molecule has 1 fully saturated rings. The Hall–Kier alpha value is -1.01. The number of anilines is 2. The van der Waals surface area contributed by atoms with Gasteiger partial charge in [-0.15, -0.1) is 0 Å². The fourth-order valence-corrected chi connectivity index (χ4v) is 3.26. The van der Waals surface area contributed by atoms with Gasteiger partial charge in [0.05, 0.1) is 7.11 Å². The van der Waals surface area contributed by atoms with E-state index in [1.165, 1.54) is 24.4 Å². The molecule has 0 bridgehead atoms. The molecule has 0 saturated carbocycles. The van der Waals surface area contributed by atoms with Crippen molar-refractivity contribution in [1.82, 2.24) is 9.27 Å². The first kappa shape index (κ1) is 12.4. The van der Waals surface area contributed by atoms with Crippen LogP contribution in [0.2, 0.25) is 0 Å². The summed E-state index contributed by atoms with van der Waals surface area (Å²) in [5.74, 6) is 1.24. The largest absolute Gasteiger partial charge is 0.490 e. The number of aromatic nitrogens is 1. The molecule has 0 amide bonds. The summed E-state index contributed by atoms with van der Waals surface area (Å²) < 4.78 is 9.53. The molecule has 17 heavy (non-hydrogen) atoms. The van der Waals surface area contributed by atoms with E-state index in [9.17, 15) is 0 Å². The normalized spacial score (nSPS) is 20.2. The summed E-state index contributed by atoms with van der Waals surface area (Å²) in [5.41, 5.74) is 5.80. The van der Waals surface area contributed by atoms with Crippen molar-refractivity contribution in [3.8, 4) is 5.75 Å². The minimum Gasteiger partial charge on any atom is -0.490 e. The smallest absolute Gasteiger partial charge is 0.197 e. The zero-order valence-electron chi connectivity index (χ0n) is 10.6. The maximum Gasteiger partial charge on any atom is 0.197 e. The summed E-state index contributed by atoms with van der Waals surface area (Å²) in [4.78, 5) is 4.60. The van der Waals surface area contributed by atoms with E-state index in [-0.39, 0.29) is 0 Å². The molecule has 1 aliphatic rings. The quantitative estimate of drug-likeness (QED) is 0.879. The van der Waals surface area contributed by atoms with Crippen molar-refractivity contribution in [2.45, 2.75) is 18.9 Å². The van der Waals surface area contributed by atoms with Gasteiger partial charge < -0.3 is 20.3 Å². The average Bonchev–Trinajstić information content (AvgIpc) is 2.83. The van der Waals surface area contributed by atoms with Crippen molar-refractivity contribution in [2.24, 2.45) is 0 Å². The molecule has 0 aromatic carbocycles. The highest BCUT2D eigenvalue weighted by molar-refractivity contribution is 7.11. The van der Waals surface area contributed by atoms with Gasteiger partial charge in [0.15, 0.2) is 16.6 Å². The van der Waals surface area contributed by atoms with Gasteiger partial charge >= 0.3 is 0 Å². The van der Waals surface area contributed by atoms with Gasteiger partial charge in [0.1, 0.15) is 0 Å².